The molecular formula is C18H12BrN3O. The van der Waals surface area contributed by atoms with Gasteiger partial charge in [0.25, 0.3) is 5.91 Å². The Balaban J connectivity index is 1.88. The molecule has 0 aliphatic rings. The summed E-state index contributed by atoms with van der Waals surface area (Å²) in [6, 6.07) is 16.9. The van der Waals surface area contributed by atoms with E-state index in [9.17, 15) is 10.1 Å². The first-order valence-electron chi connectivity index (χ1n) is 6.92. The summed E-state index contributed by atoms with van der Waals surface area (Å²) in [7, 11) is 0. The number of carbonyl (C=O) groups is 1. The van der Waals surface area contributed by atoms with E-state index in [0.717, 1.165) is 20.9 Å². The van der Waals surface area contributed by atoms with Crippen LogP contribution in [0.1, 0.15) is 5.56 Å². The molecule has 112 valence electrons. The Morgan fingerprint density at radius 2 is 1.91 bits per heavy atom. The molecule has 4 nitrogen and oxygen atoms in total. The van der Waals surface area contributed by atoms with Gasteiger partial charge in [-0.05, 0) is 36.4 Å². The summed E-state index contributed by atoms with van der Waals surface area (Å²) < 4.78 is 0.922. The van der Waals surface area contributed by atoms with Gasteiger partial charge in [-0.1, -0.05) is 34.1 Å². The lowest BCUT2D eigenvalue weighted by Crippen LogP contribution is -2.13. The van der Waals surface area contributed by atoms with Crippen LogP contribution in [0.4, 0.5) is 5.69 Å². The van der Waals surface area contributed by atoms with Crippen molar-refractivity contribution in [2.24, 2.45) is 0 Å². The van der Waals surface area contributed by atoms with Crippen LogP contribution in [0.5, 0.6) is 0 Å². The molecule has 0 radical (unpaired) electrons. The summed E-state index contributed by atoms with van der Waals surface area (Å²) in [6.07, 6.45) is 3.38. The molecule has 0 bridgehead atoms. The van der Waals surface area contributed by atoms with Gasteiger partial charge in [-0.15, -0.1) is 0 Å². The highest BCUT2D eigenvalue weighted by Crippen LogP contribution is 2.21. The van der Waals surface area contributed by atoms with E-state index in [1.807, 2.05) is 42.5 Å². The average molecular weight is 366 g/mol. The van der Waals surface area contributed by atoms with Gasteiger partial charge in [0.1, 0.15) is 11.6 Å². The number of hydrogen-bond donors (Lipinski definition) is 2. The molecule has 3 aromatic rings. The van der Waals surface area contributed by atoms with Crippen molar-refractivity contribution < 1.29 is 4.79 Å². The Morgan fingerprint density at radius 3 is 2.65 bits per heavy atom. The number of halogens is 1. The fourth-order valence-corrected chi connectivity index (χ4v) is 2.51. The summed E-state index contributed by atoms with van der Waals surface area (Å²) in [5, 5.41) is 13.0. The predicted octanol–water partition coefficient (Wildman–Crippen LogP) is 4.48. The lowest BCUT2D eigenvalue weighted by molar-refractivity contribution is -0.112. The van der Waals surface area contributed by atoms with Gasteiger partial charge in [-0.3, -0.25) is 4.79 Å². The Bertz CT molecular complexity index is 933. The minimum atomic E-state index is -0.430. The van der Waals surface area contributed by atoms with Gasteiger partial charge in [-0.25, -0.2) is 0 Å². The van der Waals surface area contributed by atoms with E-state index < -0.39 is 5.91 Å². The van der Waals surface area contributed by atoms with Gasteiger partial charge in [0.2, 0.25) is 0 Å². The van der Waals surface area contributed by atoms with E-state index in [2.05, 4.69) is 26.2 Å². The lowest BCUT2D eigenvalue weighted by atomic mass is 10.1. The molecule has 0 aliphatic carbocycles. The largest absolute Gasteiger partial charge is 0.361 e. The molecule has 0 saturated heterocycles. The zero-order valence-corrected chi connectivity index (χ0v) is 13.6. The molecule has 0 fully saturated rings. The molecule has 2 aromatic carbocycles. The van der Waals surface area contributed by atoms with Gasteiger partial charge >= 0.3 is 0 Å². The smallest absolute Gasteiger partial charge is 0.266 e. The number of rotatable bonds is 3. The predicted molar refractivity (Wildman–Crippen MR) is 94.7 cm³/mol. The number of aromatic amines is 1. The SMILES string of the molecule is N#CC(=Cc1c[nH]c2ccccc12)C(=O)Nc1ccc(Br)cc1. The molecule has 0 unspecified atom stereocenters. The minimum absolute atomic E-state index is 0.0534. The fourth-order valence-electron chi connectivity index (χ4n) is 2.25. The van der Waals surface area contributed by atoms with E-state index in [0.29, 0.717) is 5.69 Å². The van der Waals surface area contributed by atoms with Crippen LogP contribution in [0.2, 0.25) is 0 Å². The fraction of sp³-hybridized carbons (Fsp3) is 0. The van der Waals surface area contributed by atoms with Crippen molar-refractivity contribution in [1.29, 1.82) is 5.26 Å². The Hall–Kier alpha value is -2.84. The summed E-state index contributed by atoms with van der Waals surface area (Å²) in [6.45, 7) is 0. The summed E-state index contributed by atoms with van der Waals surface area (Å²) >= 11 is 3.34. The van der Waals surface area contributed by atoms with Crippen LogP contribution in [0.3, 0.4) is 0 Å². The molecule has 1 heterocycles. The zero-order valence-electron chi connectivity index (χ0n) is 12.0. The van der Waals surface area contributed by atoms with E-state index >= 15 is 0 Å². The minimum Gasteiger partial charge on any atom is -0.361 e. The monoisotopic (exact) mass is 365 g/mol. The lowest BCUT2D eigenvalue weighted by Gasteiger charge is -2.04. The summed E-state index contributed by atoms with van der Waals surface area (Å²) in [5.41, 5.74) is 2.46. The second-order valence-corrected chi connectivity index (χ2v) is 5.84. The normalized spacial score (nSPS) is 11.2. The molecule has 23 heavy (non-hydrogen) atoms. The van der Waals surface area contributed by atoms with Crippen LogP contribution in [0.25, 0.3) is 17.0 Å². The van der Waals surface area contributed by atoms with Gasteiger partial charge < -0.3 is 10.3 Å². The summed E-state index contributed by atoms with van der Waals surface area (Å²) in [4.78, 5) is 15.4. The van der Waals surface area contributed by atoms with Crippen molar-refractivity contribution in [1.82, 2.24) is 4.98 Å². The highest BCUT2D eigenvalue weighted by molar-refractivity contribution is 9.10. The van der Waals surface area contributed by atoms with Crippen molar-refractivity contribution in [2.45, 2.75) is 0 Å². The number of hydrogen-bond acceptors (Lipinski definition) is 2. The molecule has 0 saturated carbocycles. The van der Waals surface area contributed by atoms with Crippen LogP contribution >= 0.6 is 15.9 Å². The second-order valence-electron chi connectivity index (χ2n) is 4.92. The van der Waals surface area contributed by atoms with Crippen LogP contribution in [-0.4, -0.2) is 10.9 Å². The second kappa shape index (κ2) is 6.51. The van der Waals surface area contributed by atoms with Crippen molar-refractivity contribution in [2.75, 3.05) is 5.32 Å². The Labute approximate surface area is 141 Å². The van der Waals surface area contributed by atoms with E-state index in [-0.39, 0.29) is 5.57 Å². The first kappa shape index (κ1) is 15.1. The topological polar surface area (TPSA) is 68.7 Å². The standard InChI is InChI=1S/C18H12BrN3O/c19-14-5-7-15(8-6-14)22-18(23)12(10-20)9-13-11-21-17-4-2-1-3-16(13)17/h1-9,11,21H,(H,22,23). The number of aromatic nitrogens is 1. The highest BCUT2D eigenvalue weighted by atomic mass is 79.9. The molecule has 1 amide bonds. The molecule has 2 N–H and O–H groups in total. The van der Waals surface area contributed by atoms with E-state index in [4.69, 9.17) is 0 Å². The maximum Gasteiger partial charge on any atom is 0.266 e. The van der Waals surface area contributed by atoms with Gasteiger partial charge in [0, 0.05) is 32.8 Å². The third kappa shape index (κ3) is 3.33. The van der Waals surface area contributed by atoms with Gasteiger partial charge in [0.15, 0.2) is 0 Å². The molecule has 0 atom stereocenters. The van der Waals surface area contributed by atoms with Gasteiger partial charge in [0.05, 0.1) is 0 Å². The number of nitriles is 1. The molecule has 3 rings (SSSR count). The third-order valence-electron chi connectivity index (χ3n) is 3.39. The quantitative estimate of drug-likeness (QED) is 0.530. The number of para-hydroxylation sites is 1. The number of amides is 1. The Kier molecular flexibility index (Phi) is 4.26. The highest BCUT2D eigenvalue weighted by Gasteiger charge is 2.11. The third-order valence-corrected chi connectivity index (χ3v) is 3.92. The number of fused-ring (bicyclic) bond motifs is 1. The van der Waals surface area contributed by atoms with Crippen molar-refractivity contribution >= 4 is 44.5 Å². The molecule has 0 aliphatic heterocycles. The average Bonchev–Trinajstić information content (AvgIpc) is 2.97. The van der Waals surface area contributed by atoms with Gasteiger partial charge in [-0.2, -0.15) is 5.26 Å². The molecule has 0 spiro atoms. The first-order valence-corrected chi connectivity index (χ1v) is 7.71. The zero-order chi connectivity index (χ0) is 16.2. The molecule has 1 aromatic heterocycles. The molecular weight excluding hydrogens is 354 g/mol. The number of benzene rings is 2. The number of H-pyrrole nitrogens is 1. The number of carbonyl (C=O) groups excluding carboxylic acids is 1. The Morgan fingerprint density at radius 1 is 1.17 bits per heavy atom. The van der Waals surface area contributed by atoms with E-state index in [1.54, 1.807) is 24.4 Å². The first-order chi connectivity index (χ1) is 11.2. The maximum absolute atomic E-state index is 12.3. The van der Waals surface area contributed by atoms with Crippen molar-refractivity contribution in [3.8, 4) is 6.07 Å². The number of anilines is 1. The van der Waals surface area contributed by atoms with Crippen LogP contribution < -0.4 is 5.32 Å². The van der Waals surface area contributed by atoms with Crippen LogP contribution in [0, 0.1) is 11.3 Å². The van der Waals surface area contributed by atoms with Crippen molar-refractivity contribution in [3.63, 3.8) is 0 Å². The van der Waals surface area contributed by atoms with Crippen LogP contribution in [0.15, 0.2) is 64.8 Å². The number of nitrogens with zero attached hydrogens (tertiary/aromatic N) is 1. The molecule has 5 heteroatoms. The maximum atomic E-state index is 12.3. The number of nitrogens with one attached hydrogen (secondary N) is 2. The van der Waals surface area contributed by atoms with Crippen molar-refractivity contribution in [3.05, 3.63) is 70.3 Å². The summed E-state index contributed by atoms with van der Waals surface area (Å²) in [5.74, 6) is -0.430. The van der Waals surface area contributed by atoms with E-state index in [1.165, 1.54) is 0 Å². The van der Waals surface area contributed by atoms with Crippen LogP contribution in [-0.2, 0) is 4.79 Å².